The molecule has 0 radical (unpaired) electrons. The maximum Gasteiger partial charge on any atom is 0.288 e. The molecule has 0 atom stereocenters. The molecule has 0 spiro atoms. The van der Waals surface area contributed by atoms with Crippen molar-refractivity contribution in [1.82, 2.24) is 0 Å². The van der Waals surface area contributed by atoms with Gasteiger partial charge in [-0.3, -0.25) is 0 Å². The molecule has 2 aromatic carbocycles. The van der Waals surface area contributed by atoms with E-state index in [0.717, 1.165) is 11.3 Å². The Morgan fingerprint density at radius 2 is 1.63 bits per heavy atom. The van der Waals surface area contributed by atoms with Gasteiger partial charge in [0.25, 0.3) is 5.76 Å². The Morgan fingerprint density at radius 3 is 2.21 bits per heavy atom. The lowest BCUT2D eigenvalue weighted by molar-refractivity contribution is 0.252. The summed E-state index contributed by atoms with van der Waals surface area (Å²) in [5.41, 5.74) is 1.90. The number of thioether (sulfide) groups is 1. The molecular formula is C14H13F2NOS. The van der Waals surface area contributed by atoms with E-state index >= 15 is 0 Å². The van der Waals surface area contributed by atoms with E-state index in [9.17, 15) is 8.78 Å². The molecule has 0 heterocycles. The van der Waals surface area contributed by atoms with Crippen LogP contribution < -0.4 is 5.32 Å². The topological polar surface area (TPSA) is 32.3 Å². The number of hydrogen-bond acceptors (Lipinski definition) is 3. The summed E-state index contributed by atoms with van der Waals surface area (Å²) >= 11 is 0.534. The van der Waals surface area contributed by atoms with Gasteiger partial charge in [0.05, 0.1) is 0 Å². The normalized spacial score (nSPS) is 10.7. The van der Waals surface area contributed by atoms with Crippen molar-refractivity contribution in [1.29, 1.82) is 0 Å². The van der Waals surface area contributed by atoms with Gasteiger partial charge in [0.1, 0.15) is 5.75 Å². The van der Waals surface area contributed by atoms with Gasteiger partial charge >= 0.3 is 0 Å². The molecule has 0 fully saturated rings. The average Bonchev–Trinajstić information content (AvgIpc) is 2.39. The summed E-state index contributed by atoms with van der Waals surface area (Å²) in [6.07, 6.45) is 0. The first-order valence-electron chi connectivity index (χ1n) is 5.70. The maximum atomic E-state index is 12.1. The lowest BCUT2D eigenvalue weighted by Gasteiger charge is -2.07. The minimum absolute atomic E-state index is 0.233. The smallest absolute Gasteiger partial charge is 0.288 e. The van der Waals surface area contributed by atoms with Crippen LogP contribution in [0.15, 0.2) is 53.4 Å². The van der Waals surface area contributed by atoms with Gasteiger partial charge in [0.15, 0.2) is 0 Å². The minimum Gasteiger partial charge on any atom is -0.508 e. The van der Waals surface area contributed by atoms with E-state index in [1.165, 1.54) is 0 Å². The fourth-order valence-electron chi connectivity index (χ4n) is 1.57. The van der Waals surface area contributed by atoms with Crippen LogP contribution in [0.3, 0.4) is 0 Å². The molecule has 0 unspecified atom stereocenters. The van der Waals surface area contributed by atoms with E-state index in [0.29, 0.717) is 23.2 Å². The Bertz CT molecular complexity index is 514. The number of alkyl halides is 2. The summed E-state index contributed by atoms with van der Waals surface area (Å²) < 4.78 is 24.3. The molecule has 0 bridgehead atoms. The number of halogens is 2. The molecule has 100 valence electrons. The molecule has 5 heteroatoms. The van der Waals surface area contributed by atoms with Crippen molar-refractivity contribution in [3.05, 3.63) is 54.1 Å². The number of nitrogens with one attached hydrogen (secondary N) is 1. The number of phenolic OH excluding ortho intramolecular Hbond substituents is 1. The van der Waals surface area contributed by atoms with Crippen molar-refractivity contribution < 1.29 is 13.9 Å². The zero-order valence-electron chi connectivity index (χ0n) is 10.0. The highest BCUT2D eigenvalue weighted by Crippen LogP contribution is 2.26. The van der Waals surface area contributed by atoms with Gasteiger partial charge in [-0.2, -0.15) is 8.78 Å². The molecular weight excluding hydrogens is 268 g/mol. The van der Waals surface area contributed by atoms with Crippen LogP contribution in [0.25, 0.3) is 0 Å². The van der Waals surface area contributed by atoms with Gasteiger partial charge in [-0.15, -0.1) is 0 Å². The Kier molecular flexibility index (Phi) is 4.63. The zero-order chi connectivity index (χ0) is 13.7. The Morgan fingerprint density at radius 1 is 1.00 bits per heavy atom. The summed E-state index contributed by atoms with van der Waals surface area (Å²) in [6.45, 7) is 0.613. The number of aromatic hydroxyl groups is 1. The van der Waals surface area contributed by atoms with Gasteiger partial charge in [0, 0.05) is 17.1 Å². The van der Waals surface area contributed by atoms with E-state index < -0.39 is 5.76 Å². The van der Waals surface area contributed by atoms with Crippen LogP contribution >= 0.6 is 11.8 Å². The van der Waals surface area contributed by atoms with Gasteiger partial charge in [-0.1, -0.05) is 23.9 Å². The molecule has 0 saturated carbocycles. The van der Waals surface area contributed by atoms with E-state index in [1.54, 1.807) is 36.4 Å². The minimum atomic E-state index is -2.39. The quantitative estimate of drug-likeness (QED) is 0.801. The molecule has 2 nitrogen and oxygen atoms in total. The highest BCUT2D eigenvalue weighted by atomic mass is 32.2. The zero-order valence-corrected chi connectivity index (χ0v) is 10.8. The molecule has 19 heavy (non-hydrogen) atoms. The Labute approximate surface area is 114 Å². The number of phenols is 1. The van der Waals surface area contributed by atoms with Crippen LogP contribution in [0, 0.1) is 0 Å². The third-order valence-electron chi connectivity index (χ3n) is 2.51. The number of benzene rings is 2. The second kappa shape index (κ2) is 6.43. The fourth-order valence-corrected chi connectivity index (χ4v) is 2.07. The van der Waals surface area contributed by atoms with E-state index in [1.807, 2.05) is 12.1 Å². The maximum absolute atomic E-state index is 12.1. The van der Waals surface area contributed by atoms with E-state index in [2.05, 4.69) is 5.32 Å². The van der Waals surface area contributed by atoms with E-state index in [4.69, 9.17) is 5.11 Å². The standard InChI is InChI=1S/C14H13F2NOS/c15-14(16)19-13-7-3-11(4-8-13)17-9-10-1-5-12(18)6-2-10/h1-8,14,17-18H,9H2. The molecule has 0 amide bonds. The van der Waals surface area contributed by atoms with Crippen LogP contribution in [0.1, 0.15) is 5.56 Å². The Balaban J connectivity index is 1.91. The van der Waals surface area contributed by atoms with E-state index in [-0.39, 0.29) is 5.75 Å². The van der Waals surface area contributed by atoms with Crippen molar-refractivity contribution in [3.8, 4) is 5.75 Å². The third kappa shape index (κ3) is 4.44. The van der Waals surface area contributed by atoms with Crippen molar-refractivity contribution in [2.45, 2.75) is 17.2 Å². The van der Waals surface area contributed by atoms with Gasteiger partial charge in [0.2, 0.25) is 0 Å². The first-order valence-corrected chi connectivity index (χ1v) is 6.58. The monoisotopic (exact) mass is 281 g/mol. The number of anilines is 1. The largest absolute Gasteiger partial charge is 0.508 e. The predicted molar refractivity (Wildman–Crippen MR) is 73.7 cm³/mol. The molecule has 2 N–H and O–H groups in total. The molecule has 2 rings (SSSR count). The van der Waals surface area contributed by atoms with Crippen LogP contribution in [0.2, 0.25) is 0 Å². The second-order valence-electron chi connectivity index (χ2n) is 3.92. The summed E-state index contributed by atoms with van der Waals surface area (Å²) in [7, 11) is 0. The highest BCUT2D eigenvalue weighted by molar-refractivity contribution is 7.99. The van der Waals surface area contributed by atoms with Gasteiger partial charge in [-0.25, -0.2) is 0 Å². The number of hydrogen-bond donors (Lipinski definition) is 2. The summed E-state index contributed by atoms with van der Waals surface area (Å²) in [5, 5.41) is 12.3. The third-order valence-corrected chi connectivity index (χ3v) is 3.23. The lowest BCUT2D eigenvalue weighted by atomic mass is 10.2. The first-order chi connectivity index (χ1) is 9.13. The van der Waals surface area contributed by atoms with Gasteiger partial charge in [-0.05, 0) is 42.0 Å². The van der Waals surface area contributed by atoms with Crippen LogP contribution in [0.4, 0.5) is 14.5 Å². The van der Waals surface area contributed by atoms with Crippen molar-refractivity contribution in [3.63, 3.8) is 0 Å². The molecule has 0 aliphatic carbocycles. The van der Waals surface area contributed by atoms with Crippen molar-refractivity contribution in [2.24, 2.45) is 0 Å². The van der Waals surface area contributed by atoms with Gasteiger partial charge < -0.3 is 10.4 Å². The summed E-state index contributed by atoms with van der Waals surface area (Å²) in [4.78, 5) is 0.546. The number of rotatable bonds is 5. The molecule has 0 aromatic heterocycles. The van der Waals surface area contributed by atoms with Crippen LogP contribution in [-0.2, 0) is 6.54 Å². The Hall–Kier alpha value is -1.75. The summed E-state index contributed by atoms with van der Waals surface area (Å²) in [6, 6.07) is 13.8. The van der Waals surface area contributed by atoms with Crippen LogP contribution in [0.5, 0.6) is 5.75 Å². The second-order valence-corrected chi connectivity index (χ2v) is 4.99. The fraction of sp³-hybridized carbons (Fsp3) is 0.143. The highest BCUT2D eigenvalue weighted by Gasteiger charge is 2.04. The summed E-state index contributed by atoms with van der Waals surface area (Å²) in [5.74, 6) is -2.16. The average molecular weight is 281 g/mol. The lowest BCUT2D eigenvalue weighted by Crippen LogP contribution is -1.98. The molecule has 0 saturated heterocycles. The SMILES string of the molecule is Oc1ccc(CNc2ccc(SC(F)F)cc2)cc1. The van der Waals surface area contributed by atoms with Crippen molar-refractivity contribution >= 4 is 17.4 Å². The molecule has 2 aromatic rings. The van der Waals surface area contributed by atoms with Crippen LogP contribution in [-0.4, -0.2) is 10.9 Å². The molecule has 0 aliphatic heterocycles. The predicted octanol–water partition coefficient (Wildman–Crippen LogP) is 4.32. The first kappa shape index (κ1) is 13.7. The molecule has 0 aliphatic rings. The van der Waals surface area contributed by atoms with Crippen molar-refractivity contribution in [2.75, 3.05) is 5.32 Å².